The van der Waals surface area contributed by atoms with E-state index < -0.39 is 11.9 Å². The molecule has 0 bridgehead atoms. The number of hydrogen-bond donors (Lipinski definition) is 1. The second-order valence-corrected chi connectivity index (χ2v) is 5.11. The molecule has 0 fully saturated rings. The third-order valence-corrected chi connectivity index (χ3v) is 3.49. The molecule has 8 heteroatoms. The monoisotopic (exact) mass is 331 g/mol. The number of halogens is 1. The molecule has 0 unspecified atom stereocenters. The highest BCUT2D eigenvalue weighted by molar-refractivity contribution is 6.30. The Hall–Kier alpha value is -2.93. The Labute approximate surface area is 135 Å². The van der Waals surface area contributed by atoms with Crippen molar-refractivity contribution in [1.82, 2.24) is 14.5 Å². The van der Waals surface area contributed by atoms with Crippen LogP contribution in [-0.2, 0) is 7.05 Å². The third kappa shape index (κ3) is 2.74. The fourth-order valence-electron chi connectivity index (χ4n) is 2.36. The number of nitrogens with zero attached hydrogens (tertiary/aromatic N) is 3. The van der Waals surface area contributed by atoms with E-state index in [1.807, 2.05) is 0 Å². The van der Waals surface area contributed by atoms with Gasteiger partial charge in [-0.05, 0) is 12.1 Å². The van der Waals surface area contributed by atoms with E-state index >= 15 is 0 Å². The van der Waals surface area contributed by atoms with E-state index in [0.29, 0.717) is 10.9 Å². The molecule has 0 saturated carbocycles. The van der Waals surface area contributed by atoms with Crippen molar-refractivity contribution in [2.75, 3.05) is 0 Å². The van der Waals surface area contributed by atoms with E-state index in [4.69, 9.17) is 21.4 Å². The van der Waals surface area contributed by atoms with Gasteiger partial charge in [0.15, 0.2) is 0 Å². The predicted molar refractivity (Wildman–Crippen MR) is 82.0 cm³/mol. The second-order valence-electron chi connectivity index (χ2n) is 4.73. The lowest BCUT2D eigenvalue weighted by Gasteiger charge is -2.04. The molecule has 1 N–H and O–H groups in total. The molecule has 1 aromatic carbocycles. The van der Waals surface area contributed by atoms with Crippen LogP contribution in [0.1, 0.15) is 16.1 Å². The molecule has 0 radical (unpaired) electrons. The Kier molecular flexibility index (Phi) is 3.71. The Morgan fingerprint density at radius 3 is 2.78 bits per heavy atom. The molecule has 0 aliphatic carbocycles. The fourth-order valence-corrected chi connectivity index (χ4v) is 2.51. The van der Waals surface area contributed by atoms with E-state index in [0.717, 1.165) is 0 Å². The summed E-state index contributed by atoms with van der Waals surface area (Å²) in [6.45, 7) is 0. The molecular formula is C15H10ClN3O4. The van der Waals surface area contributed by atoms with Crippen molar-refractivity contribution in [3.05, 3.63) is 53.2 Å². The number of aryl methyl sites for hydroxylation is 1. The molecule has 2 heterocycles. The van der Waals surface area contributed by atoms with Crippen LogP contribution in [0.2, 0.25) is 5.15 Å². The number of carbonyl (C=O) groups is 2. The Balaban J connectivity index is 2.21. The van der Waals surface area contributed by atoms with Gasteiger partial charge in [-0.3, -0.25) is 4.79 Å². The van der Waals surface area contributed by atoms with Crippen molar-refractivity contribution in [3.63, 3.8) is 0 Å². The summed E-state index contributed by atoms with van der Waals surface area (Å²) in [5.41, 5.74) is 1.05. The molecule has 0 aliphatic heterocycles. The summed E-state index contributed by atoms with van der Waals surface area (Å²) < 4.78 is 6.49. The van der Waals surface area contributed by atoms with Crippen molar-refractivity contribution in [2.45, 2.75) is 0 Å². The summed E-state index contributed by atoms with van der Waals surface area (Å²) in [6, 6.07) is 6.24. The highest BCUT2D eigenvalue weighted by Gasteiger charge is 2.21. The first-order chi connectivity index (χ1) is 11.0. The molecule has 0 aliphatic rings. The van der Waals surface area contributed by atoms with Crippen LogP contribution in [0.5, 0.6) is 5.75 Å². The first-order valence-electron chi connectivity index (χ1n) is 6.48. The molecule has 7 nitrogen and oxygen atoms in total. The number of benzene rings is 1. The van der Waals surface area contributed by atoms with Gasteiger partial charge < -0.3 is 14.4 Å². The van der Waals surface area contributed by atoms with Gasteiger partial charge in [0.05, 0.1) is 16.5 Å². The van der Waals surface area contributed by atoms with Gasteiger partial charge in [0, 0.05) is 19.3 Å². The lowest BCUT2D eigenvalue weighted by atomic mass is 10.1. The number of fused-ring (bicyclic) bond motifs is 1. The van der Waals surface area contributed by atoms with E-state index in [-0.39, 0.29) is 22.2 Å². The Morgan fingerprint density at radius 1 is 1.30 bits per heavy atom. The third-order valence-electron chi connectivity index (χ3n) is 3.28. The van der Waals surface area contributed by atoms with Crippen LogP contribution in [0.25, 0.3) is 10.9 Å². The van der Waals surface area contributed by atoms with Crippen molar-refractivity contribution in [1.29, 1.82) is 0 Å². The average molecular weight is 332 g/mol. The van der Waals surface area contributed by atoms with Crippen LogP contribution in [0, 0.1) is 0 Å². The SMILES string of the molecule is Cn1cc(C(=O)c2cc(Cl)ncn2)c2c(OC(=O)O)cccc21. The van der Waals surface area contributed by atoms with Crippen LogP contribution in [-0.4, -0.2) is 31.6 Å². The van der Waals surface area contributed by atoms with Gasteiger partial charge in [0.25, 0.3) is 0 Å². The molecule has 0 saturated heterocycles. The largest absolute Gasteiger partial charge is 0.511 e. The molecule has 0 spiro atoms. The maximum atomic E-state index is 12.7. The summed E-state index contributed by atoms with van der Waals surface area (Å²) >= 11 is 5.79. The number of ketones is 1. The second kappa shape index (κ2) is 5.69. The zero-order valence-corrected chi connectivity index (χ0v) is 12.6. The van der Waals surface area contributed by atoms with Crippen LogP contribution in [0.15, 0.2) is 36.8 Å². The first-order valence-corrected chi connectivity index (χ1v) is 6.86. The van der Waals surface area contributed by atoms with Gasteiger partial charge in [-0.25, -0.2) is 14.8 Å². The van der Waals surface area contributed by atoms with Crippen LogP contribution < -0.4 is 4.74 Å². The summed E-state index contributed by atoms with van der Waals surface area (Å²) in [7, 11) is 1.75. The number of carbonyl (C=O) groups excluding carboxylic acids is 1. The van der Waals surface area contributed by atoms with Crippen molar-refractivity contribution in [3.8, 4) is 5.75 Å². The van der Waals surface area contributed by atoms with E-state index in [1.54, 1.807) is 29.9 Å². The molecule has 0 amide bonds. The molecule has 23 heavy (non-hydrogen) atoms. The summed E-state index contributed by atoms with van der Waals surface area (Å²) in [4.78, 5) is 31.2. The summed E-state index contributed by atoms with van der Waals surface area (Å²) in [5, 5.41) is 9.41. The molecule has 116 valence electrons. The number of hydrogen-bond acceptors (Lipinski definition) is 5. The van der Waals surface area contributed by atoms with Gasteiger partial charge >= 0.3 is 6.16 Å². The summed E-state index contributed by atoms with van der Waals surface area (Å²) in [6.07, 6.45) is 1.33. The maximum absolute atomic E-state index is 12.7. The maximum Gasteiger partial charge on any atom is 0.511 e. The summed E-state index contributed by atoms with van der Waals surface area (Å²) in [5.74, 6) is -0.319. The standard InChI is InChI=1S/C15H10ClN3O4/c1-19-6-8(14(20)9-5-12(16)18-7-17-9)13-10(19)3-2-4-11(13)23-15(21)22/h2-7H,1H3,(H,21,22). The van der Waals surface area contributed by atoms with Gasteiger partial charge in [0.1, 0.15) is 22.9 Å². The molecule has 2 aromatic heterocycles. The number of rotatable bonds is 3. The van der Waals surface area contributed by atoms with Crippen LogP contribution >= 0.6 is 11.6 Å². The van der Waals surface area contributed by atoms with Crippen molar-refractivity contribution < 1.29 is 19.4 Å². The van der Waals surface area contributed by atoms with E-state index in [9.17, 15) is 9.59 Å². The van der Waals surface area contributed by atoms with Gasteiger partial charge in [-0.1, -0.05) is 17.7 Å². The van der Waals surface area contributed by atoms with Crippen molar-refractivity contribution in [2.24, 2.45) is 7.05 Å². The molecule has 3 rings (SSSR count). The molecule has 3 aromatic rings. The average Bonchev–Trinajstić information content (AvgIpc) is 2.84. The zero-order chi connectivity index (χ0) is 16.6. The number of carboxylic acid groups (broad SMARTS) is 1. The van der Waals surface area contributed by atoms with Crippen LogP contribution in [0.3, 0.4) is 0 Å². The van der Waals surface area contributed by atoms with Gasteiger partial charge in [0.2, 0.25) is 5.78 Å². The fraction of sp³-hybridized carbons (Fsp3) is 0.0667. The number of ether oxygens (including phenoxy) is 1. The van der Waals surface area contributed by atoms with E-state index in [2.05, 4.69) is 9.97 Å². The molecular weight excluding hydrogens is 322 g/mol. The lowest BCUT2D eigenvalue weighted by Crippen LogP contribution is -2.06. The minimum absolute atomic E-state index is 0.0825. The Morgan fingerprint density at radius 2 is 2.09 bits per heavy atom. The smallest absolute Gasteiger partial charge is 0.449 e. The topological polar surface area (TPSA) is 94.3 Å². The Bertz CT molecular complexity index is 936. The zero-order valence-electron chi connectivity index (χ0n) is 11.9. The first kappa shape index (κ1) is 15.0. The van der Waals surface area contributed by atoms with Crippen LogP contribution in [0.4, 0.5) is 4.79 Å². The quantitative estimate of drug-likeness (QED) is 0.343. The minimum atomic E-state index is -1.45. The predicted octanol–water partition coefficient (Wildman–Crippen LogP) is 2.91. The molecule has 0 atom stereocenters. The number of aromatic nitrogens is 3. The van der Waals surface area contributed by atoms with E-state index in [1.165, 1.54) is 18.5 Å². The highest BCUT2D eigenvalue weighted by Crippen LogP contribution is 2.31. The highest BCUT2D eigenvalue weighted by atomic mass is 35.5. The lowest BCUT2D eigenvalue weighted by molar-refractivity contribution is 0.103. The normalized spacial score (nSPS) is 10.7. The minimum Gasteiger partial charge on any atom is -0.449 e. The van der Waals surface area contributed by atoms with Gasteiger partial charge in [-0.2, -0.15) is 0 Å². The van der Waals surface area contributed by atoms with Crippen molar-refractivity contribution >= 4 is 34.4 Å². The van der Waals surface area contributed by atoms with Gasteiger partial charge in [-0.15, -0.1) is 0 Å².